The molecule has 4 heterocycles. The summed E-state index contributed by atoms with van der Waals surface area (Å²) in [5.74, 6) is 1.01. The minimum absolute atomic E-state index is 0.127. The zero-order chi connectivity index (χ0) is 24.9. The molecule has 3 fully saturated rings. The number of fused-ring (bicyclic) bond motifs is 1. The first-order valence-electron chi connectivity index (χ1n) is 13.7. The predicted molar refractivity (Wildman–Crippen MR) is 142 cm³/mol. The summed E-state index contributed by atoms with van der Waals surface area (Å²) in [6.07, 6.45) is 8.63. The molecule has 8 heteroatoms. The summed E-state index contributed by atoms with van der Waals surface area (Å²) in [6, 6.07) is 12.3. The molecule has 1 aliphatic heterocycles. The smallest absolute Gasteiger partial charge is 0.254 e. The number of aryl methyl sites for hydroxylation is 1. The number of hydrogen-bond donors (Lipinski definition) is 0. The van der Waals surface area contributed by atoms with Gasteiger partial charge in [-0.25, -0.2) is 9.67 Å². The zero-order valence-electron chi connectivity index (χ0n) is 21.4. The van der Waals surface area contributed by atoms with Crippen LogP contribution in [-0.4, -0.2) is 66.4 Å². The van der Waals surface area contributed by atoms with Gasteiger partial charge in [0.15, 0.2) is 5.65 Å². The molecule has 190 valence electrons. The van der Waals surface area contributed by atoms with Crippen molar-refractivity contribution < 1.29 is 4.79 Å². The van der Waals surface area contributed by atoms with Crippen molar-refractivity contribution in [2.45, 2.75) is 57.5 Å². The molecule has 0 bridgehead atoms. The lowest BCUT2D eigenvalue weighted by Crippen LogP contribution is -2.48. The van der Waals surface area contributed by atoms with Gasteiger partial charge in [0.1, 0.15) is 0 Å². The van der Waals surface area contributed by atoms with E-state index in [2.05, 4.69) is 41.3 Å². The molecule has 4 aromatic rings. The van der Waals surface area contributed by atoms with E-state index in [9.17, 15) is 4.79 Å². The number of para-hydroxylation sites is 1. The molecule has 0 N–H and O–H groups in total. The fourth-order valence-electron chi connectivity index (χ4n) is 5.51. The Labute approximate surface area is 216 Å². The van der Waals surface area contributed by atoms with Crippen molar-refractivity contribution >= 4 is 16.9 Å². The lowest BCUT2D eigenvalue weighted by molar-refractivity contribution is 0.0630. The first-order valence-corrected chi connectivity index (χ1v) is 13.7. The summed E-state index contributed by atoms with van der Waals surface area (Å²) in [6.45, 7) is 7.06. The number of carbonyl (C=O) groups excluding carboxylic acids is 1. The molecule has 0 atom stereocenters. The summed E-state index contributed by atoms with van der Waals surface area (Å²) in [5, 5.41) is 10.4. The number of pyridine rings is 1. The summed E-state index contributed by atoms with van der Waals surface area (Å²) < 4.78 is 3.94. The Hall–Kier alpha value is -3.52. The monoisotopic (exact) mass is 495 g/mol. The lowest BCUT2D eigenvalue weighted by Gasteiger charge is -2.34. The van der Waals surface area contributed by atoms with E-state index >= 15 is 0 Å². The van der Waals surface area contributed by atoms with Gasteiger partial charge in [0.05, 0.1) is 28.5 Å². The molecule has 8 nitrogen and oxygen atoms in total. The Kier molecular flexibility index (Phi) is 5.57. The van der Waals surface area contributed by atoms with Crippen LogP contribution < -0.4 is 0 Å². The fraction of sp³-hybridized carbons (Fsp3) is 0.448. The van der Waals surface area contributed by atoms with Crippen LogP contribution in [0.25, 0.3) is 16.7 Å². The maximum atomic E-state index is 14.1. The molecule has 1 saturated heterocycles. The Balaban J connectivity index is 1.20. The maximum absolute atomic E-state index is 14.1. The second-order valence-electron chi connectivity index (χ2n) is 10.7. The molecule has 1 aromatic carbocycles. The first-order chi connectivity index (χ1) is 18.2. The van der Waals surface area contributed by atoms with Crippen LogP contribution in [0.2, 0.25) is 0 Å². The second-order valence-corrected chi connectivity index (χ2v) is 10.7. The SMILES string of the molecule is CCn1cc(CN2CCN(C(=O)c3cc(C4CC4)nc4c3c(C3CC3)nn4-c3ccccc3)CC2)cn1. The van der Waals surface area contributed by atoms with Crippen molar-refractivity contribution in [1.82, 2.24) is 34.3 Å². The van der Waals surface area contributed by atoms with Crippen LogP contribution in [0.5, 0.6) is 0 Å². The van der Waals surface area contributed by atoms with Crippen LogP contribution in [0.3, 0.4) is 0 Å². The van der Waals surface area contributed by atoms with Crippen molar-refractivity contribution in [1.29, 1.82) is 0 Å². The minimum Gasteiger partial charge on any atom is -0.336 e. The molecular weight excluding hydrogens is 462 g/mol. The largest absolute Gasteiger partial charge is 0.336 e. The van der Waals surface area contributed by atoms with Crippen LogP contribution in [0.1, 0.15) is 71.8 Å². The number of carbonyl (C=O) groups is 1. The molecule has 2 saturated carbocycles. The third-order valence-electron chi connectivity index (χ3n) is 7.95. The lowest BCUT2D eigenvalue weighted by atomic mass is 10.0. The highest BCUT2D eigenvalue weighted by Gasteiger charge is 2.35. The van der Waals surface area contributed by atoms with E-state index < -0.39 is 0 Å². The normalized spacial score (nSPS) is 18.6. The molecule has 0 radical (unpaired) electrons. The van der Waals surface area contributed by atoms with Gasteiger partial charge in [0.25, 0.3) is 5.91 Å². The summed E-state index contributed by atoms with van der Waals surface area (Å²) >= 11 is 0. The Morgan fingerprint density at radius 2 is 1.76 bits per heavy atom. The van der Waals surface area contributed by atoms with Crippen LogP contribution in [0.15, 0.2) is 48.8 Å². The van der Waals surface area contributed by atoms with E-state index in [4.69, 9.17) is 10.1 Å². The van der Waals surface area contributed by atoms with Gasteiger partial charge < -0.3 is 4.90 Å². The quantitative estimate of drug-likeness (QED) is 0.381. The van der Waals surface area contributed by atoms with Crippen LogP contribution >= 0.6 is 0 Å². The van der Waals surface area contributed by atoms with Gasteiger partial charge in [-0.1, -0.05) is 18.2 Å². The Bertz CT molecular complexity index is 1440. The van der Waals surface area contributed by atoms with Crippen molar-refractivity contribution in [2.75, 3.05) is 26.2 Å². The molecule has 0 spiro atoms. The average molecular weight is 496 g/mol. The molecule has 3 aliphatic rings. The van der Waals surface area contributed by atoms with E-state index in [-0.39, 0.29) is 5.91 Å². The number of rotatable bonds is 7. The molecule has 37 heavy (non-hydrogen) atoms. The van der Waals surface area contributed by atoms with E-state index in [1.54, 1.807) is 0 Å². The highest BCUT2D eigenvalue weighted by atomic mass is 16.2. The van der Waals surface area contributed by atoms with Crippen molar-refractivity contribution in [3.63, 3.8) is 0 Å². The fourth-order valence-corrected chi connectivity index (χ4v) is 5.51. The molecular formula is C29H33N7O. The summed E-state index contributed by atoms with van der Waals surface area (Å²) in [7, 11) is 0. The number of piperazine rings is 1. The van der Waals surface area contributed by atoms with Gasteiger partial charge in [-0.15, -0.1) is 0 Å². The molecule has 2 aliphatic carbocycles. The third kappa shape index (κ3) is 4.33. The first kappa shape index (κ1) is 22.7. The minimum atomic E-state index is 0.127. The van der Waals surface area contributed by atoms with Gasteiger partial charge in [-0.2, -0.15) is 10.2 Å². The Morgan fingerprint density at radius 1 is 1.00 bits per heavy atom. The van der Waals surface area contributed by atoms with Gasteiger partial charge in [-0.05, 0) is 50.8 Å². The number of hydrogen-bond acceptors (Lipinski definition) is 5. The number of nitrogens with zero attached hydrogens (tertiary/aromatic N) is 7. The van der Waals surface area contributed by atoms with Crippen LogP contribution in [0.4, 0.5) is 0 Å². The van der Waals surface area contributed by atoms with Gasteiger partial charge in [-0.3, -0.25) is 14.4 Å². The Morgan fingerprint density at radius 3 is 2.43 bits per heavy atom. The average Bonchev–Trinajstić information content (AvgIpc) is 3.88. The highest BCUT2D eigenvalue weighted by molar-refractivity contribution is 6.07. The molecule has 3 aromatic heterocycles. The van der Waals surface area contributed by atoms with Crippen LogP contribution in [0, 0.1) is 0 Å². The number of benzene rings is 1. The number of aromatic nitrogens is 5. The van der Waals surface area contributed by atoms with E-state index in [1.807, 2.05) is 38.7 Å². The second kappa shape index (κ2) is 9.10. The number of amides is 1. The standard InChI is InChI=1S/C29H33N7O/c1-2-35-19-20(17-30-35)18-33-12-14-34(15-13-33)29(37)24-16-25(21-8-9-21)31-28-26(24)27(22-10-11-22)32-36(28)23-6-4-3-5-7-23/h3-7,16-17,19,21-22H,2,8-15,18H2,1H3. The van der Waals surface area contributed by atoms with Crippen molar-refractivity contribution in [3.8, 4) is 5.69 Å². The molecule has 0 unspecified atom stereocenters. The maximum Gasteiger partial charge on any atom is 0.254 e. The highest BCUT2D eigenvalue weighted by Crippen LogP contribution is 2.46. The molecule has 7 rings (SSSR count). The van der Waals surface area contributed by atoms with Gasteiger partial charge in [0.2, 0.25) is 0 Å². The zero-order valence-corrected chi connectivity index (χ0v) is 21.4. The topological polar surface area (TPSA) is 72.1 Å². The predicted octanol–water partition coefficient (Wildman–Crippen LogP) is 4.35. The van der Waals surface area contributed by atoms with E-state index in [0.717, 1.165) is 98.6 Å². The van der Waals surface area contributed by atoms with Gasteiger partial charge >= 0.3 is 0 Å². The summed E-state index contributed by atoms with van der Waals surface area (Å²) in [5.41, 5.74) is 5.96. The molecule has 1 amide bonds. The van der Waals surface area contributed by atoms with Gasteiger partial charge in [0, 0.05) is 68.6 Å². The third-order valence-corrected chi connectivity index (χ3v) is 7.95. The van der Waals surface area contributed by atoms with Crippen molar-refractivity contribution in [3.05, 3.63) is 71.3 Å². The van der Waals surface area contributed by atoms with Crippen molar-refractivity contribution in [2.24, 2.45) is 0 Å². The van der Waals surface area contributed by atoms with E-state index in [0.29, 0.717) is 11.8 Å². The van der Waals surface area contributed by atoms with Crippen LogP contribution in [-0.2, 0) is 13.1 Å². The van der Waals surface area contributed by atoms with E-state index in [1.165, 1.54) is 5.56 Å². The summed E-state index contributed by atoms with van der Waals surface area (Å²) in [4.78, 5) is 23.7.